The summed E-state index contributed by atoms with van der Waals surface area (Å²) >= 11 is 5.63. The first kappa shape index (κ1) is 18.3. The summed E-state index contributed by atoms with van der Waals surface area (Å²) in [5.74, 6) is 0.703. The molecule has 4 rings (SSSR count). The molecule has 1 aliphatic rings. The van der Waals surface area contributed by atoms with Crippen LogP contribution in [0.1, 0.15) is 36.0 Å². The molecule has 138 valence electrons. The summed E-state index contributed by atoms with van der Waals surface area (Å²) in [7, 11) is 3.23. The molecule has 1 amide bonds. The Kier molecular flexibility index (Phi) is 4.61. The van der Waals surface area contributed by atoms with Crippen LogP contribution in [-0.4, -0.2) is 17.5 Å². The van der Waals surface area contributed by atoms with Gasteiger partial charge in [-0.3, -0.25) is 14.7 Å². The predicted octanol–water partition coefficient (Wildman–Crippen LogP) is 5.90. The number of benzene rings is 1. The number of ether oxygens (including phenoxy) is 1. The Balaban J connectivity index is 1.96. The van der Waals surface area contributed by atoms with E-state index in [1.807, 2.05) is 30.0 Å². The molecule has 0 saturated carbocycles. The zero-order valence-corrected chi connectivity index (χ0v) is 17.6. The van der Waals surface area contributed by atoms with Gasteiger partial charge in [-0.1, -0.05) is 32.9 Å². The minimum Gasteiger partial charge on any atom is -0.494 e. The SMILES string of the molecule is CCOc1ccc2c(c1)-c1c(ssc1=S)C(C)(C)N2C(=O)c1cccnc1. The van der Waals surface area contributed by atoms with Gasteiger partial charge in [-0.15, -0.1) is 0 Å². The van der Waals surface area contributed by atoms with E-state index in [1.165, 1.54) is 0 Å². The highest BCUT2D eigenvalue weighted by Crippen LogP contribution is 2.53. The number of hydrogen-bond donors (Lipinski definition) is 0. The second kappa shape index (κ2) is 6.82. The fraction of sp³-hybridized carbons (Fsp3) is 0.250. The molecule has 0 spiro atoms. The molecule has 0 fully saturated rings. The molecule has 3 aromatic rings. The van der Waals surface area contributed by atoms with E-state index in [0.717, 1.165) is 31.3 Å². The fourth-order valence-electron chi connectivity index (χ4n) is 3.45. The van der Waals surface area contributed by atoms with Crippen LogP contribution in [0.2, 0.25) is 0 Å². The molecular formula is C20H18N2O2S3. The van der Waals surface area contributed by atoms with E-state index in [9.17, 15) is 4.79 Å². The first-order valence-corrected chi connectivity index (χ1v) is 11.2. The molecule has 7 heteroatoms. The van der Waals surface area contributed by atoms with Crippen molar-refractivity contribution in [1.29, 1.82) is 0 Å². The number of carbonyl (C=O) groups is 1. The lowest BCUT2D eigenvalue weighted by Gasteiger charge is -2.43. The van der Waals surface area contributed by atoms with Gasteiger partial charge in [-0.2, -0.15) is 0 Å². The van der Waals surface area contributed by atoms with E-state index in [0.29, 0.717) is 12.2 Å². The average Bonchev–Trinajstić information content (AvgIpc) is 3.06. The molecule has 0 unspecified atom stereocenters. The maximum Gasteiger partial charge on any atom is 0.260 e. The summed E-state index contributed by atoms with van der Waals surface area (Å²) in [4.78, 5) is 20.5. The topological polar surface area (TPSA) is 42.4 Å². The number of hydrogen-bond acceptors (Lipinski definition) is 6. The van der Waals surface area contributed by atoms with Crippen molar-refractivity contribution in [2.75, 3.05) is 11.5 Å². The van der Waals surface area contributed by atoms with Gasteiger partial charge in [0.05, 0.1) is 28.3 Å². The molecule has 0 bridgehead atoms. The number of pyridine rings is 1. The van der Waals surface area contributed by atoms with E-state index < -0.39 is 5.54 Å². The fourth-order valence-corrected chi connectivity index (χ4v) is 6.73. The van der Waals surface area contributed by atoms with Gasteiger partial charge >= 0.3 is 0 Å². The standard InChI is InChI=1S/C20H18N2O2S3/c1-4-24-13-7-8-15-14(10-13)16-17(26-27-19(16)25)20(2,3)22(15)18(23)12-6-5-9-21-11-12/h5-11H,4H2,1-3H3. The molecule has 0 radical (unpaired) electrons. The van der Waals surface area contributed by atoms with Crippen molar-refractivity contribution in [1.82, 2.24) is 4.98 Å². The van der Waals surface area contributed by atoms with Crippen molar-refractivity contribution in [2.45, 2.75) is 26.3 Å². The Bertz CT molecular complexity index is 1070. The third-order valence-electron chi connectivity index (χ3n) is 4.65. The van der Waals surface area contributed by atoms with Crippen LogP contribution in [0.3, 0.4) is 0 Å². The number of nitrogens with zero attached hydrogens (tertiary/aromatic N) is 2. The third-order valence-corrected chi connectivity index (χ3v) is 7.98. The second-order valence-corrected chi connectivity index (χ2v) is 9.53. The second-order valence-electron chi connectivity index (χ2n) is 6.71. The van der Waals surface area contributed by atoms with Crippen molar-refractivity contribution >= 4 is 44.5 Å². The molecule has 4 nitrogen and oxygen atoms in total. The smallest absolute Gasteiger partial charge is 0.260 e. The van der Waals surface area contributed by atoms with Gasteiger partial charge in [0.1, 0.15) is 9.57 Å². The van der Waals surface area contributed by atoms with E-state index >= 15 is 0 Å². The normalized spacial score (nSPS) is 14.4. The summed E-state index contributed by atoms with van der Waals surface area (Å²) in [5, 5.41) is 0. The van der Waals surface area contributed by atoms with Crippen LogP contribution >= 0.6 is 32.9 Å². The molecule has 2 aromatic heterocycles. The van der Waals surface area contributed by atoms with Gasteiger partial charge in [0.2, 0.25) is 0 Å². The molecule has 1 aromatic carbocycles. The quantitative estimate of drug-likeness (QED) is 0.395. The zero-order chi connectivity index (χ0) is 19.2. The van der Waals surface area contributed by atoms with Crippen LogP contribution in [0.25, 0.3) is 11.1 Å². The molecule has 3 heterocycles. The van der Waals surface area contributed by atoms with Crippen LogP contribution in [0.15, 0.2) is 42.7 Å². The van der Waals surface area contributed by atoms with Crippen LogP contribution in [0, 0.1) is 3.82 Å². The maximum absolute atomic E-state index is 13.4. The van der Waals surface area contributed by atoms with Crippen molar-refractivity contribution in [3.8, 4) is 16.9 Å². The molecule has 0 atom stereocenters. The largest absolute Gasteiger partial charge is 0.494 e. The number of aromatic nitrogens is 1. The Morgan fingerprint density at radius 3 is 2.81 bits per heavy atom. The van der Waals surface area contributed by atoms with Crippen molar-refractivity contribution in [2.24, 2.45) is 0 Å². The number of fused-ring (bicyclic) bond motifs is 3. The van der Waals surface area contributed by atoms with Crippen LogP contribution in [0.5, 0.6) is 5.75 Å². The van der Waals surface area contributed by atoms with Crippen molar-refractivity contribution in [3.63, 3.8) is 0 Å². The van der Waals surface area contributed by atoms with Gasteiger partial charge in [0, 0.05) is 23.5 Å². The average molecular weight is 415 g/mol. The lowest BCUT2D eigenvalue weighted by molar-refractivity contribution is 0.0961. The van der Waals surface area contributed by atoms with Crippen LogP contribution in [-0.2, 0) is 5.54 Å². The maximum atomic E-state index is 13.4. The first-order valence-electron chi connectivity index (χ1n) is 8.60. The van der Waals surface area contributed by atoms with Crippen LogP contribution < -0.4 is 9.64 Å². The molecule has 0 N–H and O–H groups in total. The lowest BCUT2D eigenvalue weighted by Crippen LogP contribution is -2.47. The highest BCUT2D eigenvalue weighted by Gasteiger charge is 2.43. The molecule has 27 heavy (non-hydrogen) atoms. The van der Waals surface area contributed by atoms with Gasteiger partial charge in [0.25, 0.3) is 5.91 Å². The summed E-state index contributed by atoms with van der Waals surface area (Å²) in [6.07, 6.45) is 3.28. The predicted molar refractivity (Wildman–Crippen MR) is 114 cm³/mol. The van der Waals surface area contributed by atoms with E-state index in [2.05, 4.69) is 18.8 Å². The van der Waals surface area contributed by atoms with Crippen molar-refractivity contribution in [3.05, 3.63) is 57.0 Å². The number of carbonyl (C=O) groups excluding carboxylic acids is 1. The zero-order valence-electron chi connectivity index (χ0n) is 15.2. The minimum atomic E-state index is -0.513. The van der Waals surface area contributed by atoms with Gasteiger partial charge in [0.15, 0.2) is 0 Å². The van der Waals surface area contributed by atoms with Gasteiger partial charge in [-0.25, -0.2) is 0 Å². The molecular weight excluding hydrogens is 396 g/mol. The Hall–Kier alpha value is -2.09. The molecule has 0 saturated heterocycles. The Morgan fingerprint density at radius 1 is 1.30 bits per heavy atom. The molecule has 1 aliphatic heterocycles. The molecule has 0 aliphatic carbocycles. The lowest BCUT2D eigenvalue weighted by atomic mass is 9.87. The summed E-state index contributed by atoms with van der Waals surface area (Å²) < 4.78 is 6.55. The number of amides is 1. The highest BCUT2D eigenvalue weighted by atomic mass is 32.9. The number of rotatable bonds is 3. The number of anilines is 1. The highest BCUT2D eigenvalue weighted by molar-refractivity contribution is 7.80. The first-order chi connectivity index (χ1) is 12.9. The summed E-state index contributed by atoms with van der Waals surface area (Å²) in [5.41, 5.74) is 2.90. The third kappa shape index (κ3) is 2.90. The van der Waals surface area contributed by atoms with E-state index in [-0.39, 0.29) is 5.91 Å². The Labute approximate surface area is 170 Å². The monoisotopic (exact) mass is 414 g/mol. The van der Waals surface area contributed by atoms with Crippen LogP contribution in [0.4, 0.5) is 5.69 Å². The van der Waals surface area contributed by atoms with E-state index in [4.69, 9.17) is 17.0 Å². The minimum absolute atomic E-state index is 0.0755. The summed E-state index contributed by atoms with van der Waals surface area (Å²) in [6.45, 7) is 6.68. The van der Waals surface area contributed by atoms with E-state index in [1.54, 1.807) is 45.2 Å². The summed E-state index contributed by atoms with van der Waals surface area (Å²) in [6, 6.07) is 9.43. The van der Waals surface area contributed by atoms with Gasteiger partial charge < -0.3 is 4.74 Å². The Morgan fingerprint density at radius 2 is 2.11 bits per heavy atom. The van der Waals surface area contributed by atoms with Gasteiger partial charge in [-0.05, 0) is 51.1 Å². The van der Waals surface area contributed by atoms with Crippen molar-refractivity contribution < 1.29 is 9.53 Å².